The molecule has 0 saturated heterocycles. The molecule has 2 N–H and O–H groups in total. The van der Waals surface area contributed by atoms with Gasteiger partial charge in [0.1, 0.15) is 0 Å². The number of Topliss-reactive ketones (excluding diaryl/α,β-unsaturated/α-hetero) is 1. The molecule has 4 nitrogen and oxygen atoms in total. The van der Waals surface area contributed by atoms with Gasteiger partial charge in [-0.1, -0.05) is 26.0 Å². The minimum absolute atomic E-state index is 0.0622. The summed E-state index contributed by atoms with van der Waals surface area (Å²) >= 11 is 0. The van der Waals surface area contributed by atoms with Crippen LogP contribution in [-0.4, -0.2) is 29.9 Å². The molecule has 17 heavy (non-hydrogen) atoms. The van der Waals surface area contributed by atoms with E-state index in [2.05, 4.69) is 18.5 Å². The van der Waals surface area contributed by atoms with Gasteiger partial charge < -0.3 is 10.4 Å². The fourth-order valence-electron chi connectivity index (χ4n) is 1.26. The molecule has 0 spiro atoms. The Kier molecular flexibility index (Phi) is 7.97. The normalized spacial score (nSPS) is 9.76. The van der Waals surface area contributed by atoms with Crippen molar-refractivity contribution in [3.05, 3.63) is 24.3 Å². The van der Waals surface area contributed by atoms with Gasteiger partial charge in [-0.3, -0.25) is 9.59 Å². The number of allylic oxidation sites excluding steroid dienone is 1. The third-order valence-corrected chi connectivity index (χ3v) is 2.31. The summed E-state index contributed by atoms with van der Waals surface area (Å²) < 4.78 is 0. The fraction of sp³-hybridized carbons (Fsp3) is 0.538. The number of ketones is 1. The maximum Gasteiger partial charge on any atom is 0.254 e. The van der Waals surface area contributed by atoms with Crippen molar-refractivity contribution in [1.82, 2.24) is 5.32 Å². The quantitative estimate of drug-likeness (QED) is 0.276. The van der Waals surface area contributed by atoms with Gasteiger partial charge in [-0.15, -0.1) is 0 Å². The zero-order chi connectivity index (χ0) is 13.3. The van der Waals surface area contributed by atoms with Gasteiger partial charge >= 0.3 is 0 Å². The molecule has 0 rings (SSSR count). The van der Waals surface area contributed by atoms with Gasteiger partial charge in [0.2, 0.25) is 0 Å². The zero-order valence-electron chi connectivity index (χ0n) is 10.4. The molecule has 0 aromatic rings. The summed E-state index contributed by atoms with van der Waals surface area (Å²) in [5, 5.41) is 11.2. The SMILES string of the molecule is C=C(C)C(=O)C(=C)C(=O)NCCCCCCO. The topological polar surface area (TPSA) is 66.4 Å². The van der Waals surface area contributed by atoms with Gasteiger partial charge in [-0.2, -0.15) is 0 Å². The molecule has 0 atom stereocenters. The summed E-state index contributed by atoms with van der Waals surface area (Å²) in [5.74, 6) is -0.831. The number of aliphatic hydroxyl groups excluding tert-OH is 1. The maximum atomic E-state index is 11.5. The van der Waals surface area contributed by atoms with Gasteiger partial charge in [-0.25, -0.2) is 0 Å². The van der Waals surface area contributed by atoms with Gasteiger partial charge in [0.25, 0.3) is 5.91 Å². The van der Waals surface area contributed by atoms with Crippen LogP contribution in [-0.2, 0) is 9.59 Å². The van der Waals surface area contributed by atoms with Crippen LogP contribution in [0.5, 0.6) is 0 Å². The molecule has 0 aliphatic heterocycles. The molecule has 0 aliphatic carbocycles. The lowest BCUT2D eigenvalue weighted by Crippen LogP contribution is -2.29. The lowest BCUT2D eigenvalue weighted by molar-refractivity contribution is -0.121. The van der Waals surface area contributed by atoms with Gasteiger partial charge in [0.15, 0.2) is 5.78 Å². The van der Waals surface area contributed by atoms with Crippen LogP contribution in [0.4, 0.5) is 0 Å². The number of aliphatic hydroxyl groups is 1. The van der Waals surface area contributed by atoms with Gasteiger partial charge in [0.05, 0.1) is 5.57 Å². The fourth-order valence-corrected chi connectivity index (χ4v) is 1.26. The van der Waals surface area contributed by atoms with E-state index in [0.29, 0.717) is 12.1 Å². The number of nitrogens with one attached hydrogen (secondary N) is 1. The van der Waals surface area contributed by atoms with Crippen molar-refractivity contribution in [3.63, 3.8) is 0 Å². The predicted octanol–water partition coefficient (Wildman–Crippen LogP) is 1.36. The Balaban J connectivity index is 3.76. The molecule has 1 amide bonds. The highest BCUT2D eigenvalue weighted by atomic mass is 16.2. The second-order valence-corrected chi connectivity index (χ2v) is 3.98. The Labute approximate surface area is 102 Å². The standard InChI is InChI=1S/C13H21NO3/c1-10(2)12(16)11(3)13(17)14-8-6-4-5-7-9-15/h15H,1,3-9H2,2H3,(H,14,17). The number of carbonyl (C=O) groups excluding carboxylic acids is 2. The number of carbonyl (C=O) groups is 2. The van der Waals surface area contributed by atoms with Gasteiger partial charge in [-0.05, 0) is 25.3 Å². The van der Waals surface area contributed by atoms with Crippen LogP contribution in [0.3, 0.4) is 0 Å². The van der Waals surface area contributed by atoms with Crippen LogP contribution in [0.1, 0.15) is 32.6 Å². The second-order valence-electron chi connectivity index (χ2n) is 3.98. The number of unbranched alkanes of at least 4 members (excludes halogenated alkanes) is 3. The van der Waals surface area contributed by atoms with E-state index in [-0.39, 0.29) is 12.2 Å². The van der Waals surface area contributed by atoms with Crippen molar-refractivity contribution in [3.8, 4) is 0 Å². The predicted molar refractivity (Wildman–Crippen MR) is 67.5 cm³/mol. The van der Waals surface area contributed by atoms with Crippen LogP contribution < -0.4 is 5.32 Å². The van der Waals surface area contributed by atoms with E-state index in [1.807, 2.05) is 0 Å². The third-order valence-electron chi connectivity index (χ3n) is 2.31. The highest BCUT2D eigenvalue weighted by Crippen LogP contribution is 2.02. The Morgan fingerprint density at radius 1 is 1.12 bits per heavy atom. The molecule has 0 aromatic carbocycles. The molecule has 0 saturated carbocycles. The number of rotatable bonds is 9. The minimum atomic E-state index is -0.430. The zero-order valence-corrected chi connectivity index (χ0v) is 10.4. The van der Waals surface area contributed by atoms with Crippen molar-refractivity contribution >= 4 is 11.7 Å². The number of amides is 1. The van der Waals surface area contributed by atoms with E-state index in [9.17, 15) is 9.59 Å². The van der Waals surface area contributed by atoms with Crippen molar-refractivity contribution in [1.29, 1.82) is 0 Å². The molecule has 96 valence electrons. The number of hydrogen-bond acceptors (Lipinski definition) is 3. The lowest BCUT2D eigenvalue weighted by atomic mass is 10.1. The van der Waals surface area contributed by atoms with Crippen molar-refractivity contribution in [2.24, 2.45) is 0 Å². The van der Waals surface area contributed by atoms with Crippen molar-refractivity contribution in [2.45, 2.75) is 32.6 Å². The molecule has 0 aromatic heterocycles. The highest BCUT2D eigenvalue weighted by molar-refractivity contribution is 6.24. The maximum absolute atomic E-state index is 11.5. The first-order valence-corrected chi connectivity index (χ1v) is 5.79. The van der Waals surface area contributed by atoms with Crippen LogP contribution in [0.2, 0.25) is 0 Å². The van der Waals surface area contributed by atoms with Crippen molar-refractivity contribution < 1.29 is 14.7 Å². The molecule has 0 heterocycles. The molecular formula is C13H21NO3. The minimum Gasteiger partial charge on any atom is -0.396 e. The molecule has 4 heteroatoms. The van der Waals surface area contributed by atoms with E-state index >= 15 is 0 Å². The van der Waals surface area contributed by atoms with Crippen molar-refractivity contribution in [2.75, 3.05) is 13.2 Å². The van der Waals surface area contributed by atoms with E-state index in [0.717, 1.165) is 25.7 Å². The van der Waals surface area contributed by atoms with Crippen LogP contribution in [0.25, 0.3) is 0 Å². The van der Waals surface area contributed by atoms with Gasteiger partial charge in [0, 0.05) is 13.2 Å². The summed E-state index contributed by atoms with van der Waals surface area (Å²) in [7, 11) is 0. The molecule has 0 radical (unpaired) electrons. The monoisotopic (exact) mass is 239 g/mol. The summed E-state index contributed by atoms with van der Waals surface area (Å²) in [4.78, 5) is 22.8. The van der Waals surface area contributed by atoms with E-state index < -0.39 is 11.7 Å². The summed E-state index contributed by atoms with van der Waals surface area (Å²) in [6, 6.07) is 0. The summed E-state index contributed by atoms with van der Waals surface area (Å²) in [6.07, 6.45) is 3.51. The molecule has 0 unspecified atom stereocenters. The van der Waals surface area contributed by atoms with E-state index in [4.69, 9.17) is 5.11 Å². The smallest absolute Gasteiger partial charge is 0.254 e. The Morgan fingerprint density at radius 2 is 1.71 bits per heavy atom. The Morgan fingerprint density at radius 3 is 2.24 bits per heavy atom. The van der Waals surface area contributed by atoms with E-state index in [1.165, 1.54) is 0 Å². The Bertz CT molecular complexity index is 308. The third kappa shape index (κ3) is 6.68. The average Bonchev–Trinajstić information content (AvgIpc) is 2.31. The van der Waals surface area contributed by atoms with Crippen LogP contribution in [0.15, 0.2) is 24.3 Å². The second kappa shape index (κ2) is 8.70. The van der Waals surface area contributed by atoms with Crippen LogP contribution >= 0.6 is 0 Å². The molecule has 0 bridgehead atoms. The first-order chi connectivity index (χ1) is 8.00. The lowest BCUT2D eigenvalue weighted by Gasteiger charge is -2.06. The summed E-state index contributed by atoms with van der Waals surface area (Å²) in [5.41, 5.74) is 0.251. The first-order valence-electron chi connectivity index (χ1n) is 5.79. The largest absolute Gasteiger partial charge is 0.396 e. The summed E-state index contributed by atoms with van der Waals surface area (Å²) in [6.45, 7) is 9.20. The Hall–Kier alpha value is -1.42. The molecule has 0 aliphatic rings. The highest BCUT2D eigenvalue weighted by Gasteiger charge is 2.15. The van der Waals surface area contributed by atoms with E-state index in [1.54, 1.807) is 6.92 Å². The average molecular weight is 239 g/mol. The molecular weight excluding hydrogens is 218 g/mol. The first kappa shape index (κ1) is 15.6. The number of hydrogen-bond donors (Lipinski definition) is 2. The van der Waals surface area contributed by atoms with Crippen LogP contribution in [0, 0.1) is 0 Å². The molecule has 0 fully saturated rings.